The molecule has 0 spiro atoms. The molecule has 348 valence electrons. The fourth-order valence-electron chi connectivity index (χ4n) is 7.77. The Morgan fingerprint density at radius 3 is 0.825 bits per heavy atom. The lowest BCUT2D eigenvalue weighted by molar-refractivity contribution is -0.140. The van der Waals surface area contributed by atoms with Crippen LogP contribution in [0.3, 0.4) is 0 Å². The van der Waals surface area contributed by atoms with E-state index in [0.29, 0.717) is 77.0 Å². The van der Waals surface area contributed by atoms with Crippen molar-refractivity contribution in [1.82, 2.24) is 29.7 Å². The van der Waals surface area contributed by atoms with Crippen LogP contribution in [0.25, 0.3) is 0 Å². The smallest absolute Gasteiger partial charge is 0.407 e. The summed E-state index contributed by atoms with van der Waals surface area (Å²) in [5.74, 6) is -1.80. The van der Waals surface area contributed by atoms with Crippen molar-refractivity contribution >= 4 is 36.2 Å². The topological polar surface area (TPSA) is 260 Å². The van der Waals surface area contributed by atoms with Gasteiger partial charge in [-0.25, -0.2) is 56.9 Å². The molecule has 3 aliphatic carbocycles. The summed E-state index contributed by atoms with van der Waals surface area (Å²) in [5.41, 5.74) is -1.53. The van der Waals surface area contributed by atoms with Crippen molar-refractivity contribution in [2.45, 2.75) is 134 Å². The number of aromatic nitrogens is 3. The van der Waals surface area contributed by atoms with Crippen LogP contribution < -0.4 is 33.0 Å². The van der Waals surface area contributed by atoms with Crippen LogP contribution in [-0.4, -0.2) is 108 Å². The molecule has 4 rings (SSSR count). The molecule has 3 fully saturated rings. The lowest BCUT2D eigenvalue weighted by atomic mass is 9.90. The van der Waals surface area contributed by atoms with Crippen molar-refractivity contribution in [2.24, 2.45) is 0 Å². The zero-order valence-electron chi connectivity index (χ0n) is 36.3. The van der Waals surface area contributed by atoms with E-state index in [-0.39, 0.29) is 74.5 Å². The molecular weight excluding hydrogens is 828 g/mol. The fourth-order valence-corrected chi connectivity index (χ4v) is 7.77. The molecule has 63 heavy (non-hydrogen) atoms. The molecule has 0 unspecified atom stereocenters. The van der Waals surface area contributed by atoms with Gasteiger partial charge in [0.25, 0.3) is 0 Å². The summed E-state index contributed by atoms with van der Waals surface area (Å²) >= 11 is 0. The number of nitrogens with zero attached hydrogens (tertiary/aromatic N) is 3. The molecule has 1 heterocycles. The minimum atomic E-state index is -0.728. The van der Waals surface area contributed by atoms with E-state index >= 15 is 0 Å². The highest BCUT2D eigenvalue weighted by Gasteiger charge is 2.35. The lowest BCUT2D eigenvalue weighted by Gasteiger charge is -2.34. The van der Waals surface area contributed by atoms with Crippen LogP contribution >= 0.6 is 0 Å². The third-order valence-corrected chi connectivity index (χ3v) is 11.1. The number of carbonyl (C=O) groups excluding carboxylic acids is 6. The van der Waals surface area contributed by atoms with Gasteiger partial charge < -0.3 is 44.4 Å². The van der Waals surface area contributed by atoms with E-state index in [4.69, 9.17) is 28.4 Å². The monoisotopic (exact) mass is 888 g/mol. The number of ether oxygens (including phenoxy) is 6. The fraction of sp³-hybridized carbons (Fsp3) is 0.643. The molecule has 21 heteroatoms. The van der Waals surface area contributed by atoms with Crippen LogP contribution in [0.2, 0.25) is 0 Å². The third kappa shape index (κ3) is 14.7. The number of rotatable bonds is 18. The summed E-state index contributed by atoms with van der Waals surface area (Å²) in [4.78, 5) is 115. The number of esters is 3. The van der Waals surface area contributed by atoms with Crippen LogP contribution in [0, 0.1) is 0 Å². The summed E-state index contributed by atoms with van der Waals surface area (Å²) in [6.45, 7) is 14.1. The van der Waals surface area contributed by atoms with Gasteiger partial charge in [-0.2, -0.15) is 0 Å². The summed E-state index contributed by atoms with van der Waals surface area (Å²) in [6.07, 6.45) is 2.34. The number of nitrogens with one attached hydrogen (secondary N) is 3. The van der Waals surface area contributed by atoms with Gasteiger partial charge in [0.05, 0.1) is 0 Å². The Balaban J connectivity index is 1.44. The third-order valence-electron chi connectivity index (χ3n) is 11.1. The average molecular weight is 889 g/mol. The first-order chi connectivity index (χ1) is 30.0. The maximum Gasteiger partial charge on any atom is 0.407 e. The van der Waals surface area contributed by atoms with Gasteiger partial charge in [0.1, 0.15) is 39.6 Å². The second-order valence-corrected chi connectivity index (χ2v) is 16.1. The van der Waals surface area contributed by atoms with Gasteiger partial charge in [-0.3, -0.25) is 0 Å². The molecule has 3 saturated carbocycles. The van der Waals surface area contributed by atoms with Gasteiger partial charge in [0.15, 0.2) is 0 Å². The molecule has 0 bridgehead atoms. The van der Waals surface area contributed by atoms with Gasteiger partial charge >= 0.3 is 53.3 Å². The van der Waals surface area contributed by atoms with Crippen LogP contribution in [0.15, 0.2) is 50.8 Å². The molecule has 0 aliphatic heterocycles. The second-order valence-electron chi connectivity index (χ2n) is 16.1. The molecule has 3 amide bonds. The van der Waals surface area contributed by atoms with Crippen LogP contribution in [0.5, 0.6) is 0 Å². The molecular formula is C42H60N6O15. The van der Waals surface area contributed by atoms with E-state index in [1.807, 2.05) is 0 Å². The van der Waals surface area contributed by atoms with Crippen molar-refractivity contribution < 1.29 is 57.2 Å². The largest absolute Gasteiger partial charge is 0.459 e. The van der Waals surface area contributed by atoms with Crippen molar-refractivity contribution in [3.63, 3.8) is 0 Å². The van der Waals surface area contributed by atoms with Crippen molar-refractivity contribution in [3.05, 3.63) is 67.9 Å². The van der Waals surface area contributed by atoms with Crippen molar-refractivity contribution in [1.29, 1.82) is 0 Å². The summed E-state index contributed by atoms with van der Waals surface area (Å²) in [6, 6.07) is -2.71. The number of hydrogen-bond donors (Lipinski definition) is 3. The molecule has 0 aromatic carbocycles. The predicted octanol–water partition coefficient (Wildman–Crippen LogP) is 3.16. The van der Waals surface area contributed by atoms with E-state index in [1.54, 1.807) is 0 Å². The first-order valence-corrected chi connectivity index (χ1v) is 21.2. The molecule has 0 atom stereocenters. The number of carbonyl (C=O) groups is 6. The summed E-state index contributed by atoms with van der Waals surface area (Å²) in [5, 5.41) is 8.33. The van der Waals surface area contributed by atoms with Crippen LogP contribution in [0.4, 0.5) is 14.4 Å². The normalized spacial score (nSPS) is 22.0. The maximum atomic E-state index is 14.3. The predicted molar refractivity (Wildman–Crippen MR) is 224 cm³/mol. The minimum absolute atomic E-state index is 0.140. The highest BCUT2D eigenvalue weighted by atomic mass is 16.6. The number of alkyl carbamates (subject to hydrolysis) is 3. The van der Waals surface area contributed by atoms with E-state index in [1.165, 1.54) is 20.8 Å². The van der Waals surface area contributed by atoms with E-state index in [2.05, 4.69) is 35.7 Å². The van der Waals surface area contributed by atoms with Crippen LogP contribution in [-0.2, 0) is 42.8 Å². The molecule has 3 N–H and O–H groups in total. The summed E-state index contributed by atoms with van der Waals surface area (Å²) in [7, 11) is 0. The molecule has 1 aromatic heterocycles. The molecule has 1 aromatic rings. The zero-order valence-corrected chi connectivity index (χ0v) is 36.3. The Bertz CT molecular complexity index is 1790. The molecule has 21 nitrogen and oxygen atoms in total. The first kappa shape index (κ1) is 49.5. The van der Waals surface area contributed by atoms with Crippen molar-refractivity contribution in [3.8, 4) is 0 Å². The Morgan fingerprint density at radius 2 is 0.619 bits per heavy atom. The Kier molecular flexibility index (Phi) is 18.8. The highest BCUT2D eigenvalue weighted by molar-refractivity contribution is 5.87. The standard InChI is InChI=1S/C42H60N6O15/c1-25(2)34(49)58-19-22-61-37(52)43-28-7-13-31(14-8-28)46-40(55)47(32-15-9-29(10-16-32)44-38(53)62-23-20-59-35(50)26(3)4)42(57)48(41(46)56)33-17-11-30(12-18-33)45-39(54)63-24-21-60-36(51)27(5)6/h28-33H,1,3,5,7-24H2,2,4,6H3,(H,43,52)(H,44,53)(H,45,54). The Hall–Kier alpha value is -6.15. The van der Waals surface area contributed by atoms with Crippen LogP contribution in [0.1, 0.15) is 116 Å². The zero-order chi connectivity index (χ0) is 46.2. The van der Waals surface area contributed by atoms with E-state index in [9.17, 15) is 43.2 Å². The number of amides is 3. The Labute approximate surface area is 364 Å². The van der Waals surface area contributed by atoms with Gasteiger partial charge in [-0.1, -0.05) is 19.7 Å². The Morgan fingerprint density at radius 1 is 0.413 bits per heavy atom. The molecule has 3 aliphatic rings. The summed E-state index contributed by atoms with van der Waals surface area (Å²) < 4.78 is 33.7. The highest BCUT2D eigenvalue weighted by Crippen LogP contribution is 2.31. The van der Waals surface area contributed by atoms with E-state index < -0.39 is 71.4 Å². The van der Waals surface area contributed by atoms with Gasteiger partial charge in [-0.05, 0) is 97.8 Å². The molecule has 0 radical (unpaired) electrons. The average Bonchev–Trinajstić information content (AvgIpc) is 3.24. The quantitative estimate of drug-likeness (QED) is 0.0828. The molecule has 0 saturated heterocycles. The van der Waals surface area contributed by atoms with Gasteiger partial charge in [0, 0.05) is 53.0 Å². The van der Waals surface area contributed by atoms with Gasteiger partial charge in [-0.15, -0.1) is 0 Å². The lowest BCUT2D eigenvalue weighted by Crippen LogP contribution is -2.58. The second kappa shape index (κ2) is 23.9. The van der Waals surface area contributed by atoms with Gasteiger partial charge in [0.2, 0.25) is 0 Å². The van der Waals surface area contributed by atoms with E-state index in [0.717, 1.165) is 13.7 Å². The first-order valence-electron chi connectivity index (χ1n) is 21.2. The minimum Gasteiger partial charge on any atom is -0.459 e. The number of hydrogen-bond acceptors (Lipinski definition) is 15. The maximum absolute atomic E-state index is 14.3. The van der Waals surface area contributed by atoms with Crippen molar-refractivity contribution in [2.75, 3.05) is 39.6 Å². The SMILES string of the molecule is C=C(C)C(=O)OCCOC(=O)NC1CCC(n2c(=O)n(C3CCC(NC(=O)OCCOC(=O)C(=C)C)CC3)c(=O)n(C3CCC(NC(=O)OCCOC(=O)C(=C)C)CC3)c2=O)CC1.